The van der Waals surface area contributed by atoms with Crippen LogP contribution in [0.15, 0.2) is 12.7 Å². The van der Waals surface area contributed by atoms with E-state index in [0.29, 0.717) is 32.2 Å². The number of hydrogen-bond acceptors (Lipinski definition) is 5. The first-order valence-electron chi connectivity index (χ1n) is 10.9. The van der Waals surface area contributed by atoms with Crippen molar-refractivity contribution in [3.63, 3.8) is 0 Å². The fraction of sp³-hybridized carbons (Fsp3) is 0.773. The first-order chi connectivity index (χ1) is 14.2. The number of aliphatic hydroxyl groups excluding tert-OH is 1. The summed E-state index contributed by atoms with van der Waals surface area (Å²) in [5.41, 5.74) is -2.11. The number of fused-ring (bicyclic) bond motifs is 1. The second-order valence-corrected chi connectivity index (χ2v) is 9.03. The molecule has 3 aliphatic rings. The van der Waals surface area contributed by atoms with Crippen molar-refractivity contribution in [1.82, 2.24) is 9.80 Å². The molecule has 2 unspecified atom stereocenters. The molecule has 0 aliphatic carbocycles. The smallest absolute Gasteiger partial charge is 0.310 e. The maximum atomic E-state index is 13.8. The van der Waals surface area contributed by atoms with Crippen molar-refractivity contribution in [3.8, 4) is 0 Å². The van der Waals surface area contributed by atoms with Crippen LogP contribution in [0.3, 0.4) is 0 Å². The van der Waals surface area contributed by atoms with Crippen molar-refractivity contribution in [2.45, 2.75) is 82.7 Å². The molecule has 3 fully saturated rings. The number of likely N-dealkylation sites (tertiary alicyclic amines) is 1. The molecule has 0 aromatic rings. The molecule has 1 spiro atoms. The molecule has 3 rings (SSSR count). The Morgan fingerprint density at radius 1 is 1.37 bits per heavy atom. The number of carbonyl (C=O) groups excluding carboxylic acids is 2. The summed E-state index contributed by atoms with van der Waals surface area (Å²) in [6, 6.07) is -1.66. The molecule has 2 N–H and O–H groups in total. The Morgan fingerprint density at radius 2 is 2.03 bits per heavy atom. The second-order valence-electron chi connectivity index (χ2n) is 9.03. The lowest BCUT2D eigenvalue weighted by Gasteiger charge is -2.40. The normalized spacial score (nSPS) is 35.6. The molecule has 30 heavy (non-hydrogen) atoms. The van der Waals surface area contributed by atoms with Gasteiger partial charge in [-0.3, -0.25) is 14.4 Å². The van der Waals surface area contributed by atoms with Crippen molar-refractivity contribution in [1.29, 1.82) is 0 Å². The zero-order valence-corrected chi connectivity index (χ0v) is 18.3. The Bertz CT molecular complexity index is 735. The van der Waals surface area contributed by atoms with Gasteiger partial charge in [0, 0.05) is 12.6 Å². The van der Waals surface area contributed by atoms with E-state index < -0.39 is 41.1 Å². The van der Waals surface area contributed by atoms with Crippen LogP contribution < -0.4 is 0 Å². The number of rotatable bonds is 9. The van der Waals surface area contributed by atoms with Crippen LogP contribution in [0.1, 0.15) is 53.4 Å². The molecule has 6 atom stereocenters. The standard InChI is InChI=1S/C22H34N2O6/c1-6-11-23(13(4)5)19(27)17-22-10-9-21(8-3,30-22)16(20(28)29)15(22)18(26)24(17)14(7-2)12-25/h6,13-17,25H,1,7-12H2,2-5H3,(H,28,29)/t14-,15-,16-,17?,21+,22?/m0/s1. The van der Waals surface area contributed by atoms with E-state index in [1.165, 1.54) is 4.90 Å². The third-order valence-electron chi connectivity index (χ3n) is 7.43. The minimum Gasteiger partial charge on any atom is -0.481 e. The van der Waals surface area contributed by atoms with E-state index in [1.54, 1.807) is 11.0 Å². The summed E-state index contributed by atoms with van der Waals surface area (Å²) in [7, 11) is 0. The summed E-state index contributed by atoms with van der Waals surface area (Å²) in [4.78, 5) is 42.8. The highest BCUT2D eigenvalue weighted by atomic mass is 16.5. The molecule has 168 valence electrons. The monoisotopic (exact) mass is 422 g/mol. The number of carboxylic acids is 1. The van der Waals surface area contributed by atoms with Crippen LogP contribution in [0.4, 0.5) is 0 Å². The summed E-state index contributed by atoms with van der Waals surface area (Å²) >= 11 is 0. The minimum absolute atomic E-state index is 0.133. The Kier molecular flexibility index (Phi) is 6.04. The second kappa shape index (κ2) is 7.96. The van der Waals surface area contributed by atoms with E-state index in [9.17, 15) is 24.6 Å². The third kappa shape index (κ3) is 2.91. The van der Waals surface area contributed by atoms with Crippen LogP contribution in [0.2, 0.25) is 0 Å². The van der Waals surface area contributed by atoms with Crippen molar-refractivity contribution < 1.29 is 29.3 Å². The number of aliphatic carboxylic acids is 1. The molecule has 2 amide bonds. The van der Waals surface area contributed by atoms with Gasteiger partial charge in [0.25, 0.3) is 0 Å². The van der Waals surface area contributed by atoms with Crippen LogP contribution in [0.25, 0.3) is 0 Å². The number of nitrogens with zero attached hydrogens (tertiary/aromatic N) is 2. The van der Waals surface area contributed by atoms with Crippen molar-refractivity contribution in [2.75, 3.05) is 13.2 Å². The van der Waals surface area contributed by atoms with Gasteiger partial charge in [0.05, 0.1) is 24.2 Å². The van der Waals surface area contributed by atoms with Gasteiger partial charge in [0.15, 0.2) is 0 Å². The van der Waals surface area contributed by atoms with Gasteiger partial charge in [0.2, 0.25) is 11.8 Å². The minimum atomic E-state index is -1.18. The molecule has 2 bridgehead atoms. The summed E-state index contributed by atoms with van der Waals surface area (Å²) in [6.07, 6.45) is 3.51. The molecule has 8 nitrogen and oxygen atoms in total. The lowest BCUT2D eigenvalue weighted by Crippen LogP contribution is -2.59. The predicted molar refractivity (Wildman–Crippen MR) is 110 cm³/mol. The Hall–Kier alpha value is -1.93. The van der Waals surface area contributed by atoms with E-state index in [2.05, 4.69) is 6.58 Å². The molecular formula is C22H34N2O6. The summed E-state index contributed by atoms with van der Waals surface area (Å²) in [5.74, 6) is -3.64. The van der Waals surface area contributed by atoms with Crippen LogP contribution >= 0.6 is 0 Å². The molecule has 0 saturated carbocycles. The topological polar surface area (TPSA) is 107 Å². The predicted octanol–water partition coefficient (Wildman–Crippen LogP) is 1.42. The largest absolute Gasteiger partial charge is 0.481 e. The van der Waals surface area contributed by atoms with Crippen LogP contribution in [-0.4, -0.2) is 80.3 Å². The number of amides is 2. The number of carboxylic acid groups (broad SMARTS) is 1. The Morgan fingerprint density at radius 3 is 2.50 bits per heavy atom. The average Bonchev–Trinajstić information content (AvgIpc) is 3.31. The fourth-order valence-corrected chi connectivity index (χ4v) is 5.97. The molecule has 0 radical (unpaired) electrons. The molecule has 3 saturated heterocycles. The van der Waals surface area contributed by atoms with Gasteiger partial charge in [-0.25, -0.2) is 0 Å². The van der Waals surface area contributed by atoms with Gasteiger partial charge in [-0.15, -0.1) is 6.58 Å². The maximum absolute atomic E-state index is 13.8. The highest BCUT2D eigenvalue weighted by molar-refractivity contribution is 5.98. The average molecular weight is 423 g/mol. The highest BCUT2D eigenvalue weighted by Gasteiger charge is 2.79. The highest BCUT2D eigenvalue weighted by Crippen LogP contribution is 2.64. The van der Waals surface area contributed by atoms with Crippen LogP contribution in [0, 0.1) is 11.8 Å². The molecule has 3 aliphatic heterocycles. The van der Waals surface area contributed by atoms with Gasteiger partial charge in [-0.1, -0.05) is 19.9 Å². The molecule has 0 aromatic heterocycles. The summed E-state index contributed by atoms with van der Waals surface area (Å²) in [5, 5.41) is 20.0. The number of hydrogen-bond donors (Lipinski definition) is 2. The van der Waals surface area contributed by atoms with E-state index in [1.807, 2.05) is 27.7 Å². The molecule has 0 aromatic carbocycles. The van der Waals surface area contributed by atoms with Gasteiger partial charge in [-0.05, 0) is 39.5 Å². The first-order valence-corrected chi connectivity index (χ1v) is 10.9. The van der Waals surface area contributed by atoms with Crippen LogP contribution in [0.5, 0.6) is 0 Å². The SMILES string of the molecule is C=CCN(C(=O)C1N([C@@H](CC)CO)C(=O)[C@@H]2[C@@H](C(=O)O)[C@@]3(CC)CCC12O3)C(C)C. The van der Waals surface area contributed by atoms with Crippen molar-refractivity contribution in [2.24, 2.45) is 11.8 Å². The van der Waals surface area contributed by atoms with E-state index in [0.717, 1.165) is 0 Å². The Labute approximate surface area is 177 Å². The number of aliphatic hydroxyl groups is 1. The van der Waals surface area contributed by atoms with Gasteiger partial charge in [0.1, 0.15) is 17.6 Å². The lowest BCUT2D eigenvalue weighted by molar-refractivity contribution is -0.160. The summed E-state index contributed by atoms with van der Waals surface area (Å²) < 4.78 is 6.48. The summed E-state index contributed by atoms with van der Waals surface area (Å²) in [6.45, 7) is 11.2. The van der Waals surface area contributed by atoms with Crippen molar-refractivity contribution >= 4 is 17.8 Å². The van der Waals surface area contributed by atoms with Crippen molar-refractivity contribution in [3.05, 3.63) is 12.7 Å². The van der Waals surface area contributed by atoms with Gasteiger partial charge < -0.3 is 24.7 Å². The van der Waals surface area contributed by atoms with Gasteiger partial charge in [-0.2, -0.15) is 0 Å². The van der Waals surface area contributed by atoms with Gasteiger partial charge >= 0.3 is 5.97 Å². The van der Waals surface area contributed by atoms with E-state index in [4.69, 9.17) is 4.74 Å². The number of carbonyl (C=O) groups is 3. The molecular weight excluding hydrogens is 388 g/mol. The van der Waals surface area contributed by atoms with Crippen LogP contribution in [-0.2, 0) is 19.1 Å². The zero-order valence-electron chi connectivity index (χ0n) is 18.3. The fourth-order valence-electron chi connectivity index (χ4n) is 5.97. The molecule has 8 heteroatoms. The number of ether oxygens (including phenoxy) is 1. The van der Waals surface area contributed by atoms with E-state index >= 15 is 0 Å². The maximum Gasteiger partial charge on any atom is 0.310 e. The lowest BCUT2D eigenvalue weighted by atomic mass is 9.65. The quantitative estimate of drug-likeness (QED) is 0.544. The zero-order chi connectivity index (χ0) is 22.4. The third-order valence-corrected chi connectivity index (χ3v) is 7.43. The molecule has 3 heterocycles. The Balaban J connectivity index is 2.16. The van der Waals surface area contributed by atoms with E-state index in [-0.39, 0.29) is 24.5 Å². The first kappa shape index (κ1) is 22.7.